The Morgan fingerprint density at radius 2 is 2.11 bits per heavy atom. The first-order valence-corrected chi connectivity index (χ1v) is 7.79. The third-order valence-electron chi connectivity index (χ3n) is 3.08. The summed E-state index contributed by atoms with van der Waals surface area (Å²) in [6.07, 6.45) is 0.444. The van der Waals surface area contributed by atoms with Crippen molar-refractivity contribution < 1.29 is 14.7 Å². The minimum atomic E-state index is -0.867. The number of carbonyl (C=O) groups excluding carboxylic acids is 1. The first-order chi connectivity index (χ1) is 8.80. The standard InChI is InChI=1S/C13H24N2O3S/c1-13(2,3)15(6-4-12(17)18)11(16)8-10-9-19-7-5-14-10/h10,14H,4-9H2,1-3H3,(H,17,18). The number of carbonyl (C=O) groups is 2. The number of hydrogen-bond acceptors (Lipinski definition) is 4. The lowest BCUT2D eigenvalue weighted by Crippen LogP contribution is -2.49. The van der Waals surface area contributed by atoms with E-state index in [1.54, 1.807) is 4.90 Å². The molecule has 1 saturated heterocycles. The average Bonchev–Trinajstić information content (AvgIpc) is 2.28. The van der Waals surface area contributed by atoms with Crippen molar-refractivity contribution in [2.24, 2.45) is 0 Å². The Balaban J connectivity index is 2.57. The van der Waals surface area contributed by atoms with Gasteiger partial charge in [-0.2, -0.15) is 11.8 Å². The predicted octanol–water partition coefficient (Wildman–Crippen LogP) is 1.18. The number of thioether (sulfide) groups is 1. The Morgan fingerprint density at radius 1 is 1.42 bits per heavy atom. The van der Waals surface area contributed by atoms with Gasteiger partial charge in [0, 0.05) is 42.6 Å². The first-order valence-electron chi connectivity index (χ1n) is 6.64. The minimum absolute atomic E-state index is 0.00411. The average molecular weight is 288 g/mol. The van der Waals surface area contributed by atoms with E-state index >= 15 is 0 Å². The van der Waals surface area contributed by atoms with E-state index in [9.17, 15) is 9.59 Å². The summed E-state index contributed by atoms with van der Waals surface area (Å²) >= 11 is 1.86. The smallest absolute Gasteiger partial charge is 0.305 e. The zero-order chi connectivity index (χ0) is 14.5. The van der Waals surface area contributed by atoms with Crippen LogP contribution in [-0.4, -0.2) is 58.1 Å². The molecule has 0 aromatic carbocycles. The van der Waals surface area contributed by atoms with E-state index in [2.05, 4.69) is 5.32 Å². The molecule has 19 heavy (non-hydrogen) atoms. The topological polar surface area (TPSA) is 69.6 Å². The molecule has 0 saturated carbocycles. The SMILES string of the molecule is CC(C)(C)N(CCC(=O)O)C(=O)CC1CSCCN1. The highest BCUT2D eigenvalue weighted by Gasteiger charge is 2.28. The Hall–Kier alpha value is -0.750. The van der Waals surface area contributed by atoms with Gasteiger partial charge in [-0.05, 0) is 20.8 Å². The van der Waals surface area contributed by atoms with Crippen LogP contribution in [0.1, 0.15) is 33.6 Å². The van der Waals surface area contributed by atoms with Crippen LogP contribution in [0.3, 0.4) is 0 Å². The second-order valence-electron chi connectivity index (χ2n) is 5.79. The van der Waals surface area contributed by atoms with Crippen LogP contribution in [0.4, 0.5) is 0 Å². The Labute approximate surface area is 119 Å². The molecule has 5 nitrogen and oxygen atoms in total. The van der Waals surface area contributed by atoms with Crippen molar-refractivity contribution in [2.45, 2.75) is 45.2 Å². The molecule has 110 valence electrons. The quantitative estimate of drug-likeness (QED) is 0.795. The highest BCUT2D eigenvalue weighted by atomic mass is 32.2. The van der Waals surface area contributed by atoms with E-state index in [-0.39, 0.29) is 30.5 Å². The molecule has 2 N–H and O–H groups in total. The molecule has 1 rings (SSSR count). The number of aliphatic carboxylic acids is 1. The number of nitrogens with zero attached hydrogens (tertiary/aromatic N) is 1. The maximum Gasteiger partial charge on any atom is 0.305 e. The van der Waals surface area contributed by atoms with E-state index in [1.165, 1.54) is 0 Å². The molecular weight excluding hydrogens is 264 g/mol. The van der Waals surface area contributed by atoms with Crippen molar-refractivity contribution in [2.75, 3.05) is 24.6 Å². The van der Waals surface area contributed by atoms with Crippen molar-refractivity contribution >= 4 is 23.6 Å². The van der Waals surface area contributed by atoms with Gasteiger partial charge in [0.1, 0.15) is 0 Å². The summed E-state index contributed by atoms with van der Waals surface area (Å²) in [4.78, 5) is 24.7. The second kappa shape index (κ2) is 7.14. The third-order valence-corrected chi connectivity index (χ3v) is 4.21. The highest BCUT2D eigenvalue weighted by molar-refractivity contribution is 7.99. The summed E-state index contributed by atoms with van der Waals surface area (Å²) in [6, 6.07) is 0.209. The molecule has 0 aliphatic carbocycles. The maximum absolute atomic E-state index is 12.4. The molecular formula is C13H24N2O3S. The van der Waals surface area contributed by atoms with Gasteiger partial charge < -0.3 is 15.3 Å². The molecule has 0 aromatic rings. The molecule has 0 bridgehead atoms. The lowest BCUT2D eigenvalue weighted by molar-refractivity contribution is -0.140. The number of rotatable bonds is 5. The van der Waals surface area contributed by atoms with E-state index in [1.807, 2.05) is 32.5 Å². The number of carboxylic acid groups (broad SMARTS) is 1. The van der Waals surface area contributed by atoms with Gasteiger partial charge in [-0.1, -0.05) is 0 Å². The van der Waals surface area contributed by atoms with Gasteiger partial charge in [0.15, 0.2) is 0 Å². The number of carboxylic acids is 1. The van der Waals surface area contributed by atoms with Crippen LogP contribution >= 0.6 is 11.8 Å². The fraction of sp³-hybridized carbons (Fsp3) is 0.846. The van der Waals surface area contributed by atoms with Crippen LogP contribution in [0.2, 0.25) is 0 Å². The van der Waals surface area contributed by atoms with Crippen molar-refractivity contribution in [3.8, 4) is 0 Å². The molecule has 1 aliphatic heterocycles. The van der Waals surface area contributed by atoms with E-state index in [0.717, 1.165) is 18.1 Å². The summed E-state index contributed by atoms with van der Waals surface area (Å²) in [6.45, 7) is 7.03. The van der Waals surface area contributed by atoms with Crippen LogP contribution in [0.25, 0.3) is 0 Å². The van der Waals surface area contributed by atoms with Crippen LogP contribution < -0.4 is 5.32 Å². The molecule has 1 unspecified atom stereocenters. The Bertz CT molecular complexity index is 322. The lowest BCUT2D eigenvalue weighted by atomic mass is 10.0. The van der Waals surface area contributed by atoms with Crippen LogP contribution in [0.15, 0.2) is 0 Å². The van der Waals surface area contributed by atoms with Crippen LogP contribution in [0.5, 0.6) is 0 Å². The Morgan fingerprint density at radius 3 is 2.58 bits per heavy atom. The van der Waals surface area contributed by atoms with Gasteiger partial charge in [-0.3, -0.25) is 9.59 Å². The van der Waals surface area contributed by atoms with E-state index in [4.69, 9.17) is 5.11 Å². The van der Waals surface area contributed by atoms with Crippen molar-refractivity contribution in [3.63, 3.8) is 0 Å². The zero-order valence-electron chi connectivity index (χ0n) is 11.9. The summed E-state index contributed by atoms with van der Waals surface area (Å²) in [5, 5.41) is 12.1. The Kier molecular flexibility index (Phi) is 6.13. The van der Waals surface area contributed by atoms with Crippen LogP contribution in [-0.2, 0) is 9.59 Å². The largest absolute Gasteiger partial charge is 0.481 e. The van der Waals surface area contributed by atoms with Gasteiger partial charge in [-0.25, -0.2) is 0 Å². The minimum Gasteiger partial charge on any atom is -0.481 e. The molecule has 1 fully saturated rings. The third kappa shape index (κ3) is 5.82. The molecule has 1 heterocycles. The molecule has 1 aliphatic rings. The summed E-state index contributed by atoms with van der Waals surface area (Å²) in [5.74, 6) is 1.21. The van der Waals surface area contributed by atoms with Crippen LogP contribution in [0, 0.1) is 0 Å². The van der Waals surface area contributed by atoms with E-state index < -0.39 is 5.97 Å². The van der Waals surface area contributed by atoms with Crippen molar-refractivity contribution in [3.05, 3.63) is 0 Å². The number of amides is 1. The summed E-state index contributed by atoms with van der Waals surface area (Å²) in [7, 11) is 0. The van der Waals surface area contributed by atoms with Gasteiger partial charge in [0.2, 0.25) is 5.91 Å². The molecule has 0 radical (unpaired) electrons. The second-order valence-corrected chi connectivity index (χ2v) is 6.94. The molecule has 0 aromatic heterocycles. The fourth-order valence-corrected chi connectivity index (χ4v) is 3.06. The molecule has 1 amide bonds. The van der Waals surface area contributed by atoms with Gasteiger partial charge >= 0.3 is 5.97 Å². The van der Waals surface area contributed by atoms with Gasteiger partial charge in [0.05, 0.1) is 6.42 Å². The van der Waals surface area contributed by atoms with Crippen molar-refractivity contribution in [1.29, 1.82) is 0 Å². The van der Waals surface area contributed by atoms with E-state index in [0.29, 0.717) is 6.42 Å². The van der Waals surface area contributed by atoms with Gasteiger partial charge in [-0.15, -0.1) is 0 Å². The fourth-order valence-electron chi connectivity index (χ4n) is 2.11. The monoisotopic (exact) mass is 288 g/mol. The lowest BCUT2D eigenvalue weighted by Gasteiger charge is -2.37. The molecule has 0 spiro atoms. The zero-order valence-corrected chi connectivity index (χ0v) is 12.8. The number of hydrogen-bond donors (Lipinski definition) is 2. The highest BCUT2D eigenvalue weighted by Crippen LogP contribution is 2.18. The molecule has 6 heteroatoms. The molecule has 1 atom stereocenters. The van der Waals surface area contributed by atoms with Gasteiger partial charge in [0.25, 0.3) is 0 Å². The first kappa shape index (κ1) is 16.3. The summed E-state index contributed by atoms with van der Waals surface area (Å²) < 4.78 is 0. The van der Waals surface area contributed by atoms with Crippen molar-refractivity contribution in [1.82, 2.24) is 10.2 Å². The number of nitrogens with one attached hydrogen (secondary N) is 1. The normalized spacial score (nSPS) is 20.1. The maximum atomic E-state index is 12.4. The predicted molar refractivity (Wildman–Crippen MR) is 77.5 cm³/mol. The summed E-state index contributed by atoms with van der Waals surface area (Å²) in [5.41, 5.74) is -0.339.